The predicted molar refractivity (Wildman–Crippen MR) is 79.3 cm³/mol. The van der Waals surface area contributed by atoms with Gasteiger partial charge in [0.2, 0.25) is 0 Å². The molecule has 0 aliphatic carbocycles. The van der Waals surface area contributed by atoms with E-state index in [0.717, 1.165) is 11.3 Å². The van der Waals surface area contributed by atoms with Crippen LogP contribution in [0.1, 0.15) is 37.9 Å². The third-order valence-electron chi connectivity index (χ3n) is 3.00. The molecular formula is C15H20N2OS. The first-order chi connectivity index (χ1) is 8.97. The first kappa shape index (κ1) is 14.2. The van der Waals surface area contributed by atoms with E-state index in [4.69, 9.17) is 10.2 Å². The average molecular weight is 276 g/mol. The van der Waals surface area contributed by atoms with Crippen LogP contribution in [0.2, 0.25) is 0 Å². The van der Waals surface area contributed by atoms with Gasteiger partial charge in [0.05, 0.1) is 6.20 Å². The summed E-state index contributed by atoms with van der Waals surface area (Å²) in [4.78, 5) is 4.07. The molecule has 2 N–H and O–H groups in total. The van der Waals surface area contributed by atoms with Gasteiger partial charge < -0.3 is 10.2 Å². The third kappa shape index (κ3) is 3.85. The van der Waals surface area contributed by atoms with Crippen LogP contribution in [0.25, 0.3) is 0 Å². The summed E-state index contributed by atoms with van der Waals surface area (Å²) in [6.45, 7) is 6.63. The molecule has 1 atom stereocenters. The fourth-order valence-electron chi connectivity index (χ4n) is 1.77. The molecule has 1 unspecified atom stereocenters. The largest absolute Gasteiger partial charge is 0.440 e. The molecule has 2 aromatic rings. The number of hydrogen-bond acceptors (Lipinski definition) is 4. The monoisotopic (exact) mass is 276 g/mol. The van der Waals surface area contributed by atoms with Gasteiger partial charge in [-0.3, -0.25) is 0 Å². The van der Waals surface area contributed by atoms with Crippen molar-refractivity contribution in [1.29, 1.82) is 0 Å². The SMILES string of the molecule is CC(C)(C)c1ccc(C(N)CSc2ncco2)cc1. The Hall–Kier alpha value is -1.26. The molecule has 102 valence electrons. The zero-order chi connectivity index (χ0) is 13.9. The van der Waals surface area contributed by atoms with Gasteiger partial charge >= 0.3 is 0 Å². The maximum atomic E-state index is 6.18. The number of nitrogens with zero attached hydrogens (tertiary/aromatic N) is 1. The zero-order valence-electron chi connectivity index (χ0n) is 11.6. The van der Waals surface area contributed by atoms with Crippen molar-refractivity contribution >= 4 is 11.8 Å². The van der Waals surface area contributed by atoms with E-state index in [2.05, 4.69) is 50.0 Å². The van der Waals surface area contributed by atoms with Crippen molar-refractivity contribution in [2.75, 3.05) is 5.75 Å². The Morgan fingerprint density at radius 1 is 1.26 bits per heavy atom. The van der Waals surface area contributed by atoms with E-state index in [9.17, 15) is 0 Å². The van der Waals surface area contributed by atoms with Crippen molar-refractivity contribution in [2.45, 2.75) is 37.5 Å². The second-order valence-electron chi connectivity index (χ2n) is 5.59. The van der Waals surface area contributed by atoms with Gasteiger partial charge in [0.25, 0.3) is 5.22 Å². The van der Waals surface area contributed by atoms with Gasteiger partial charge in [-0.25, -0.2) is 4.98 Å². The fourth-order valence-corrected chi connectivity index (χ4v) is 2.54. The number of hydrogen-bond donors (Lipinski definition) is 1. The number of aromatic nitrogens is 1. The van der Waals surface area contributed by atoms with Crippen molar-refractivity contribution in [3.05, 3.63) is 47.9 Å². The van der Waals surface area contributed by atoms with Crippen LogP contribution in [0.4, 0.5) is 0 Å². The lowest BCUT2D eigenvalue weighted by atomic mass is 9.86. The topological polar surface area (TPSA) is 52.0 Å². The van der Waals surface area contributed by atoms with Crippen LogP contribution in [0.3, 0.4) is 0 Å². The van der Waals surface area contributed by atoms with Crippen LogP contribution < -0.4 is 5.73 Å². The van der Waals surface area contributed by atoms with E-state index in [1.165, 1.54) is 17.3 Å². The first-order valence-corrected chi connectivity index (χ1v) is 7.33. The number of benzene rings is 1. The summed E-state index contributed by atoms with van der Waals surface area (Å²) in [5.41, 5.74) is 8.82. The fraction of sp³-hybridized carbons (Fsp3) is 0.400. The Morgan fingerprint density at radius 2 is 1.95 bits per heavy atom. The maximum Gasteiger partial charge on any atom is 0.255 e. The summed E-state index contributed by atoms with van der Waals surface area (Å²) in [6.07, 6.45) is 3.22. The highest BCUT2D eigenvalue weighted by Crippen LogP contribution is 2.25. The molecule has 0 saturated carbocycles. The predicted octanol–water partition coefficient (Wildman–Crippen LogP) is 3.76. The highest BCUT2D eigenvalue weighted by atomic mass is 32.2. The number of oxazole rings is 1. The van der Waals surface area contributed by atoms with Crippen LogP contribution in [-0.4, -0.2) is 10.7 Å². The quantitative estimate of drug-likeness (QED) is 0.864. The highest BCUT2D eigenvalue weighted by Gasteiger charge is 2.14. The summed E-state index contributed by atoms with van der Waals surface area (Å²) in [7, 11) is 0. The number of rotatable bonds is 4. The van der Waals surface area contributed by atoms with Crippen LogP contribution in [0.5, 0.6) is 0 Å². The molecule has 1 heterocycles. The average Bonchev–Trinajstić information content (AvgIpc) is 2.88. The van der Waals surface area contributed by atoms with Gasteiger partial charge in [0.15, 0.2) is 0 Å². The third-order valence-corrected chi connectivity index (χ3v) is 3.98. The van der Waals surface area contributed by atoms with E-state index in [-0.39, 0.29) is 11.5 Å². The minimum Gasteiger partial charge on any atom is -0.440 e. The Bertz CT molecular complexity index is 500. The Labute approximate surface area is 118 Å². The van der Waals surface area contributed by atoms with Crippen LogP contribution in [0, 0.1) is 0 Å². The normalized spacial score (nSPS) is 13.5. The molecule has 0 spiro atoms. The van der Waals surface area contributed by atoms with Gasteiger partial charge in [0.1, 0.15) is 6.26 Å². The van der Waals surface area contributed by atoms with Gasteiger partial charge in [-0.15, -0.1) is 0 Å². The van der Waals surface area contributed by atoms with Crippen LogP contribution in [0.15, 0.2) is 46.4 Å². The van der Waals surface area contributed by atoms with Crippen molar-refractivity contribution < 1.29 is 4.42 Å². The minimum atomic E-state index is -0.00841. The first-order valence-electron chi connectivity index (χ1n) is 6.35. The summed E-state index contributed by atoms with van der Waals surface area (Å²) in [5.74, 6) is 0.759. The minimum absolute atomic E-state index is 0.00841. The van der Waals surface area contributed by atoms with E-state index in [1.54, 1.807) is 12.5 Å². The second-order valence-corrected chi connectivity index (χ2v) is 6.56. The molecule has 1 aromatic carbocycles. The highest BCUT2D eigenvalue weighted by molar-refractivity contribution is 7.99. The lowest BCUT2D eigenvalue weighted by molar-refractivity contribution is 0.454. The lowest BCUT2D eigenvalue weighted by Gasteiger charge is -2.20. The smallest absolute Gasteiger partial charge is 0.255 e. The molecule has 0 amide bonds. The molecule has 0 bridgehead atoms. The van der Waals surface area contributed by atoms with E-state index >= 15 is 0 Å². The molecule has 0 aliphatic rings. The molecular weight excluding hydrogens is 256 g/mol. The van der Waals surface area contributed by atoms with Crippen molar-refractivity contribution in [3.63, 3.8) is 0 Å². The molecule has 2 rings (SSSR count). The molecule has 0 aliphatic heterocycles. The lowest BCUT2D eigenvalue weighted by Crippen LogP contribution is -2.15. The summed E-state index contributed by atoms with van der Waals surface area (Å²) in [5, 5.41) is 0.668. The molecule has 4 heteroatoms. The van der Waals surface area contributed by atoms with Gasteiger partial charge in [-0.05, 0) is 16.5 Å². The molecule has 0 fully saturated rings. The molecule has 1 aromatic heterocycles. The van der Waals surface area contributed by atoms with Crippen LogP contribution in [-0.2, 0) is 5.41 Å². The summed E-state index contributed by atoms with van der Waals surface area (Å²) < 4.78 is 5.18. The Kier molecular flexibility index (Phi) is 4.32. The van der Waals surface area contributed by atoms with Crippen molar-refractivity contribution in [2.24, 2.45) is 5.73 Å². The van der Waals surface area contributed by atoms with Crippen molar-refractivity contribution in [1.82, 2.24) is 4.98 Å². The summed E-state index contributed by atoms with van der Waals surface area (Å²) in [6, 6.07) is 8.53. The zero-order valence-corrected chi connectivity index (χ0v) is 12.4. The number of nitrogens with two attached hydrogens (primary N) is 1. The van der Waals surface area contributed by atoms with Gasteiger partial charge in [-0.1, -0.05) is 56.8 Å². The maximum absolute atomic E-state index is 6.18. The molecule has 0 saturated heterocycles. The molecule has 0 radical (unpaired) electrons. The van der Waals surface area contributed by atoms with Gasteiger partial charge in [-0.2, -0.15) is 0 Å². The van der Waals surface area contributed by atoms with Crippen LogP contribution >= 0.6 is 11.8 Å². The second kappa shape index (κ2) is 5.80. The van der Waals surface area contributed by atoms with Gasteiger partial charge in [0, 0.05) is 11.8 Å². The summed E-state index contributed by atoms with van der Waals surface area (Å²) >= 11 is 1.54. The molecule has 3 nitrogen and oxygen atoms in total. The van der Waals surface area contributed by atoms with E-state index < -0.39 is 0 Å². The van der Waals surface area contributed by atoms with E-state index in [1.807, 2.05) is 0 Å². The number of thioether (sulfide) groups is 1. The Balaban J connectivity index is 1.97. The standard InChI is InChI=1S/C15H20N2OS/c1-15(2,3)12-6-4-11(5-7-12)13(16)10-19-14-17-8-9-18-14/h4-9,13H,10,16H2,1-3H3. The van der Waals surface area contributed by atoms with Crippen molar-refractivity contribution in [3.8, 4) is 0 Å². The molecule has 19 heavy (non-hydrogen) atoms. The van der Waals surface area contributed by atoms with E-state index in [0.29, 0.717) is 5.22 Å². The Morgan fingerprint density at radius 3 is 2.47 bits per heavy atom.